The van der Waals surface area contributed by atoms with E-state index in [1.165, 1.54) is 0 Å². The standard InChI is InChI=1S/C25H20FN9/c1-13(2)31-16-9-15(10-28-11-16)21-20(26)19-18(12-30-21)34-35-24(19)25-32-17-5-8-29-22(23(17)33-25)14-3-6-27-7-4-14/h3-13,31H,1-2H3,(H,32,33)(H,34,35). The lowest BCUT2D eigenvalue weighted by atomic mass is 10.1. The molecule has 10 heteroatoms. The number of rotatable bonds is 5. The van der Waals surface area contributed by atoms with Gasteiger partial charge in [0.15, 0.2) is 11.6 Å². The number of pyridine rings is 4. The van der Waals surface area contributed by atoms with E-state index in [1.54, 1.807) is 37.2 Å². The molecule has 6 aromatic heterocycles. The molecule has 9 nitrogen and oxygen atoms in total. The second-order valence-electron chi connectivity index (χ2n) is 8.42. The second kappa shape index (κ2) is 8.24. The minimum absolute atomic E-state index is 0.190. The van der Waals surface area contributed by atoms with Crippen LogP contribution in [-0.4, -0.2) is 46.1 Å². The normalized spacial score (nSPS) is 11.5. The van der Waals surface area contributed by atoms with Gasteiger partial charge in [-0.3, -0.25) is 25.0 Å². The second-order valence-corrected chi connectivity index (χ2v) is 8.42. The van der Waals surface area contributed by atoms with E-state index in [1.807, 2.05) is 38.1 Å². The van der Waals surface area contributed by atoms with Gasteiger partial charge in [0.2, 0.25) is 0 Å². The molecule has 6 heterocycles. The van der Waals surface area contributed by atoms with Crippen LogP contribution in [0.3, 0.4) is 0 Å². The SMILES string of the molecule is CC(C)Nc1cncc(-c2ncc3[nH]nc(-c4nc5c(-c6ccncc6)nccc5[nH]4)c3c2F)c1. The number of nitrogens with one attached hydrogen (secondary N) is 3. The van der Waals surface area contributed by atoms with E-state index < -0.39 is 5.82 Å². The fraction of sp³-hybridized carbons (Fsp3) is 0.120. The Kier molecular flexibility index (Phi) is 4.91. The number of aromatic amines is 2. The third kappa shape index (κ3) is 3.65. The van der Waals surface area contributed by atoms with Crippen molar-refractivity contribution in [3.63, 3.8) is 0 Å². The van der Waals surface area contributed by atoms with E-state index in [-0.39, 0.29) is 11.7 Å². The zero-order valence-corrected chi connectivity index (χ0v) is 18.9. The smallest absolute Gasteiger partial charge is 0.161 e. The lowest BCUT2D eigenvalue weighted by Crippen LogP contribution is -2.09. The lowest BCUT2D eigenvalue weighted by Gasteiger charge is -2.11. The summed E-state index contributed by atoms with van der Waals surface area (Å²) in [5.41, 5.74) is 5.40. The number of fused-ring (bicyclic) bond motifs is 2. The van der Waals surface area contributed by atoms with E-state index in [9.17, 15) is 0 Å². The van der Waals surface area contributed by atoms with Gasteiger partial charge in [-0.05, 0) is 38.1 Å². The molecule has 0 aliphatic rings. The first-order valence-corrected chi connectivity index (χ1v) is 11.1. The van der Waals surface area contributed by atoms with Gasteiger partial charge in [-0.15, -0.1) is 0 Å². The fourth-order valence-electron chi connectivity index (χ4n) is 4.10. The third-order valence-corrected chi connectivity index (χ3v) is 5.59. The van der Waals surface area contributed by atoms with Gasteiger partial charge in [-0.2, -0.15) is 5.10 Å². The van der Waals surface area contributed by atoms with Crippen LogP contribution in [0.15, 0.2) is 61.4 Å². The summed E-state index contributed by atoms with van der Waals surface area (Å²) in [6.45, 7) is 4.05. The summed E-state index contributed by atoms with van der Waals surface area (Å²) >= 11 is 0. The third-order valence-electron chi connectivity index (χ3n) is 5.59. The summed E-state index contributed by atoms with van der Waals surface area (Å²) in [4.78, 5) is 25.2. The van der Waals surface area contributed by atoms with Crippen LogP contribution in [0.25, 0.3) is 56.0 Å². The molecule has 0 amide bonds. The highest BCUT2D eigenvalue weighted by atomic mass is 19.1. The summed E-state index contributed by atoms with van der Waals surface area (Å²) in [5.74, 6) is -0.0679. The predicted molar refractivity (Wildman–Crippen MR) is 132 cm³/mol. The summed E-state index contributed by atoms with van der Waals surface area (Å²) in [5, 5.41) is 10.8. The number of aromatic nitrogens is 8. The van der Waals surface area contributed by atoms with Crippen molar-refractivity contribution in [2.75, 3.05) is 5.32 Å². The van der Waals surface area contributed by atoms with Crippen molar-refractivity contribution >= 4 is 27.6 Å². The highest BCUT2D eigenvalue weighted by molar-refractivity contribution is 5.97. The van der Waals surface area contributed by atoms with Gasteiger partial charge in [-0.1, -0.05) is 0 Å². The molecule has 0 aliphatic heterocycles. The molecular weight excluding hydrogens is 445 g/mol. The number of nitrogens with zero attached hydrogens (tertiary/aromatic N) is 6. The molecule has 0 saturated heterocycles. The van der Waals surface area contributed by atoms with Gasteiger partial charge in [0.05, 0.1) is 34.0 Å². The van der Waals surface area contributed by atoms with Gasteiger partial charge in [0, 0.05) is 48.2 Å². The highest BCUT2D eigenvalue weighted by Crippen LogP contribution is 2.34. The van der Waals surface area contributed by atoms with E-state index in [4.69, 9.17) is 4.98 Å². The van der Waals surface area contributed by atoms with Crippen LogP contribution in [0.5, 0.6) is 0 Å². The molecule has 3 N–H and O–H groups in total. The quantitative estimate of drug-likeness (QED) is 0.328. The van der Waals surface area contributed by atoms with Gasteiger partial charge in [0.1, 0.15) is 16.9 Å². The molecule has 0 unspecified atom stereocenters. The predicted octanol–water partition coefficient (Wildman–Crippen LogP) is 4.98. The highest BCUT2D eigenvalue weighted by Gasteiger charge is 2.21. The molecule has 0 radical (unpaired) electrons. The topological polar surface area (TPSA) is 121 Å². The molecule has 0 aromatic carbocycles. The zero-order chi connectivity index (χ0) is 23.9. The average Bonchev–Trinajstić information content (AvgIpc) is 3.49. The van der Waals surface area contributed by atoms with E-state index >= 15 is 4.39 Å². The van der Waals surface area contributed by atoms with Crippen LogP contribution in [0, 0.1) is 5.82 Å². The maximum atomic E-state index is 15.9. The number of hydrogen-bond acceptors (Lipinski definition) is 7. The first-order valence-electron chi connectivity index (χ1n) is 11.1. The molecule has 0 atom stereocenters. The van der Waals surface area contributed by atoms with Crippen LogP contribution in [0.2, 0.25) is 0 Å². The summed E-state index contributed by atoms with van der Waals surface area (Å²) in [6.07, 6.45) is 9.97. The average molecular weight is 465 g/mol. The Bertz CT molecular complexity index is 1670. The minimum atomic E-state index is -0.498. The molecule has 0 bridgehead atoms. The van der Waals surface area contributed by atoms with E-state index in [0.717, 1.165) is 16.8 Å². The van der Waals surface area contributed by atoms with Crippen molar-refractivity contribution in [1.82, 2.24) is 40.1 Å². The first kappa shape index (κ1) is 20.8. The molecular formula is C25H20FN9. The van der Waals surface area contributed by atoms with Gasteiger partial charge in [-0.25, -0.2) is 9.37 Å². The Balaban J connectivity index is 1.49. The maximum absolute atomic E-state index is 15.9. The number of imidazole rings is 1. The number of H-pyrrole nitrogens is 2. The van der Waals surface area contributed by atoms with E-state index in [0.29, 0.717) is 39.2 Å². The monoisotopic (exact) mass is 465 g/mol. The molecule has 35 heavy (non-hydrogen) atoms. The molecule has 172 valence electrons. The Morgan fingerprint density at radius 1 is 0.857 bits per heavy atom. The number of halogens is 1. The van der Waals surface area contributed by atoms with Gasteiger partial charge in [0.25, 0.3) is 0 Å². The molecule has 0 saturated carbocycles. The van der Waals surface area contributed by atoms with Crippen molar-refractivity contribution in [3.8, 4) is 34.0 Å². The van der Waals surface area contributed by atoms with Crippen molar-refractivity contribution < 1.29 is 4.39 Å². The van der Waals surface area contributed by atoms with Crippen LogP contribution in [-0.2, 0) is 0 Å². The Hall–Kier alpha value is -4.73. The molecule has 6 rings (SSSR count). The lowest BCUT2D eigenvalue weighted by molar-refractivity contribution is 0.638. The van der Waals surface area contributed by atoms with Crippen molar-refractivity contribution in [2.45, 2.75) is 19.9 Å². The Morgan fingerprint density at radius 2 is 1.71 bits per heavy atom. The first-order chi connectivity index (χ1) is 17.1. The fourth-order valence-corrected chi connectivity index (χ4v) is 4.10. The Morgan fingerprint density at radius 3 is 2.54 bits per heavy atom. The largest absolute Gasteiger partial charge is 0.382 e. The summed E-state index contributed by atoms with van der Waals surface area (Å²) in [7, 11) is 0. The number of anilines is 1. The van der Waals surface area contributed by atoms with Crippen molar-refractivity contribution in [1.29, 1.82) is 0 Å². The van der Waals surface area contributed by atoms with Gasteiger partial charge < -0.3 is 10.3 Å². The van der Waals surface area contributed by atoms with Gasteiger partial charge >= 0.3 is 0 Å². The molecule has 0 fully saturated rings. The zero-order valence-electron chi connectivity index (χ0n) is 18.9. The van der Waals surface area contributed by atoms with E-state index in [2.05, 4.69) is 40.4 Å². The summed E-state index contributed by atoms with van der Waals surface area (Å²) in [6, 6.07) is 7.61. The molecule has 6 aromatic rings. The van der Waals surface area contributed by atoms with Crippen molar-refractivity contribution in [2.24, 2.45) is 0 Å². The minimum Gasteiger partial charge on any atom is -0.382 e. The van der Waals surface area contributed by atoms with Crippen LogP contribution < -0.4 is 5.32 Å². The maximum Gasteiger partial charge on any atom is 0.161 e. The molecule has 0 aliphatic carbocycles. The van der Waals surface area contributed by atoms with Crippen LogP contribution in [0.4, 0.5) is 10.1 Å². The van der Waals surface area contributed by atoms with Crippen LogP contribution >= 0.6 is 0 Å². The Labute approximate surface area is 198 Å². The van der Waals surface area contributed by atoms with Crippen molar-refractivity contribution in [3.05, 3.63) is 67.3 Å². The van der Waals surface area contributed by atoms with Crippen LogP contribution in [0.1, 0.15) is 13.8 Å². The molecule has 0 spiro atoms. The number of hydrogen-bond donors (Lipinski definition) is 3. The summed E-state index contributed by atoms with van der Waals surface area (Å²) < 4.78 is 15.9.